The summed E-state index contributed by atoms with van der Waals surface area (Å²) in [6, 6.07) is 21.6. The Morgan fingerprint density at radius 3 is 2.44 bits per heavy atom. The van der Waals surface area contributed by atoms with Crippen LogP contribution in [0.1, 0.15) is 23.2 Å². The molecule has 0 atom stereocenters. The number of thiazole rings is 1. The maximum atomic E-state index is 12.7. The van der Waals surface area contributed by atoms with Gasteiger partial charge in [-0.15, -0.1) is 11.3 Å². The Balaban J connectivity index is 1.33. The summed E-state index contributed by atoms with van der Waals surface area (Å²) in [4.78, 5) is 17.6. The molecule has 1 amide bonds. The number of nitrogens with zero attached hydrogens (tertiary/aromatic N) is 2. The number of amides is 1. The molecule has 162 valence electrons. The topological polar surface area (TPSA) is 79.4 Å². The Bertz CT molecular complexity index is 1360. The number of fused-ring (bicyclic) bond motifs is 1. The first kappa shape index (κ1) is 20.8. The van der Waals surface area contributed by atoms with Gasteiger partial charge in [0.2, 0.25) is 10.0 Å². The lowest BCUT2D eigenvalue weighted by atomic mass is 10.2. The van der Waals surface area contributed by atoms with Gasteiger partial charge in [0, 0.05) is 29.9 Å². The van der Waals surface area contributed by atoms with E-state index in [0.717, 1.165) is 33.6 Å². The van der Waals surface area contributed by atoms with Crippen molar-refractivity contribution in [3.8, 4) is 10.6 Å². The van der Waals surface area contributed by atoms with E-state index in [4.69, 9.17) is 0 Å². The van der Waals surface area contributed by atoms with Gasteiger partial charge in [0.25, 0.3) is 5.91 Å². The molecule has 0 radical (unpaired) electrons. The van der Waals surface area contributed by atoms with Crippen LogP contribution in [-0.2, 0) is 10.0 Å². The van der Waals surface area contributed by atoms with Crippen LogP contribution in [0.3, 0.4) is 0 Å². The molecule has 0 aliphatic carbocycles. The molecule has 1 fully saturated rings. The van der Waals surface area contributed by atoms with Crippen molar-refractivity contribution in [3.63, 3.8) is 0 Å². The first-order valence-electron chi connectivity index (χ1n) is 10.4. The normalized spacial score (nSPS) is 14.6. The lowest BCUT2D eigenvalue weighted by Gasteiger charge is -2.15. The number of nitrogens with one attached hydrogen (secondary N) is 1. The molecule has 8 heteroatoms. The third-order valence-electron chi connectivity index (χ3n) is 5.48. The summed E-state index contributed by atoms with van der Waals surface area (Å²) in [6.07, 6.45) is 1.77. The number of para-hydroxylation sites is 1. The minimum atomic E-state index is -3.49. The Kier molecular flexibility index (Phi) is 5.50. The molecule has 6 nitrogen and oxygen atoms in total. The van der Waals surface area contributed by atoms with E-state index < -0.39 is 10.0 Å². The number of carbonyl (C=O) groups is 1. The van der Waals surface area contributed by atoms with Gasteiger partial charge in [-0.3, -0.25) is 4.79 Å². The smallest absolute Gasteiger partial charge is 0.255 e. The number of hydrogen-bond acceptors (Lipinski definition) is 5. The molecular weight excluding hydrogens is 442 g/mol. The molecule has 1 saturated heterocycles. The van der Waals surface area contributed by atoms with Gasteiger partial charge >= 0.3 is 0 Å². The summed E-state index contributed by atoms with van der Waals surface area (Å²) in [7, 11) is -3.49. The van der Waals surface area contributed by atoms with Crippen LogP contribution in [0.15, 0.2) is 77.7 Å². The number of carbonyl (C=O) groups excluding carboxylic acids is 1. The summed E-state index contributed by atoms with van der Waals surface area (Å²) in [5.74, 6) is -0.295. The SMILES string of the molecule is O=C(Nc1cccc(-c2nc3ccccc3s2)c1)c1ccc(S(=O)(=O)N2CCCC2)cc1. The molecule has 1 aliphatic rings. The highest BCUT2D eigenvalue weighted by atomic mass is 32.2. The molecule has 3 aromatic carbocycles. The van der Waals surface area contributed by atoms with Crippen LogP contribution in [0, 0.1) is 0 Å². The van der Waals surface area contributed by atoms with Crippen molar-refractivity contribution in [2.24, 2.45) is 0 Å². The monoisotopic (exact) mass is 463 g/mol. The van der Waals surface area contributed by atoms with Crippen molar-refractivity contribution in [1.29, 1.82) is 0 Å². The molecule has 0 bridgehead atoms. The van der Waals surface area contributed by atoms with E-state index in [1.54, 1.807) is 23.5 Å². The number of hydrogen-bond donors (Lipinski definition) is 1. The largest absolute Gasteiger partial charge is 0.322 e. The fraction of sp³-hybridized carbons (Fsp3) is 0.167. The second-order valence-corrected chi connectivity index (χ2v) is 10.6. The van der Waals surface area contributed by atoms with Gasteiger partial charge in [0.15, 0.2) is 0 Å². The van der Waals surface area contributed by atoms with Crippen molar-refractivity contribution in [3.05, 3.63) is 78.4 Å². The van der Waals surface area contributed by atoms with Crippen LogP contribution in [0.4, 0.5) is 5.69 Å². The Morgan fingerprint density at radius 2 is 1.69 bits per heavy atom. The van der Waals surface area contributed by atoms with Crippen LogP contribution < -0.4 is 5.32 Å². The Labute approximate surface area is 190 Å². The molecule has 0 unspecified atom stereocenters. The van der Waals surface area contributed by atoms with E-state index in [9.17, 15) is 13.2 Å². The standard InChI is InChI=1S/C24H21N3O3S2/c28-23(17-10-12-20(13-11-17)32(29,30)27-14-3-4-15-27)25-19-7-5-6-18(16-19)24-26-21-8-1-2-9-22(21)31-24/h1-2,5-13,16H,3-4,14-15H2,(H,25,28). The molecule has 2 heterocycles. The van der Waals surface area contributed by atoms with Gasteiger partial charge in [-0.05, 0) is 61.4 Å². The predicted molar refractivity (Wildman–Crippen MR) is 127 cm³/mol. The molecule has 32 heavy (non-hydrogen) atoms. The molecule has 1 aliphatic heterocycles. The van der Waals surface area contributed by atoms with Crippen molar-refractivity contribution < 1.29 is 13.2 Å². The van der Waals surface area contributed by atoms with Crippen molar-refractivity contribution in [1.82, 2.24) is 9.29 Å². The van der Waals surface area contributed by atoms with Crippen molar-refractivity contribution in [2.45, 2.75) is 17.7 Å². The highest BCUT2D eigenvalue weighted by molar-refractivity contribution is 7.89. The Morgan fingerprint density at radius 1 is 0.938 bits per heavy atom. The zero-order valence-electron chi connectivity index (χ0n) is 17.2. The fourth-order valence-electron chi connectivity index (χ4n) is 3.78. The maximum Gasteiger partial charge on any atom is 0.255 e. The summed E-state index contributed by atoms with van der Waals surface area (Å²) in [5, 5.41) is 3.78. The van der Waals surface area contributed by atoms with Crippen molar-refractivity contribution in [2.75, 3.05) is 18.4 Å². The van der Waals surface area contributed by atoms with E-state index in [1.807, 2.05) is 48.5 Å². The molecule has 4 aromatic rings. The first-order chi connectivity index (χ1) is 15.5. The van der Waals surface area contributed by atoms with E-state index in [0.29, 0.717) is 24.3 Å². The molecular formula is C24H21N3O3S2. The minimum Gasteiger partial charge on any atom is -0.322 e. The summed E-state index contributed by atoms with van der Waals surface area (Å²) >= 11 is 1.60. The van der Waals surface area contributed by atoms with Gasteiger partial charge in [-0.1, -0.05) is 24.3 Å². The Hall–Kier alpha value is -3.07. The molecule has 1 aromatic heterocycles. The average molecular weight is 464 g/mol. The van der Waals surface area contributed by atoms with Gasteiger partial charge in [-0.25, -0.2) is 13.4 Å². The van der Waals surface area contributed by atoms with Crippen molar-refractivity contribution >= 4 is 43.2 Å². The third-order valence-corrected chi connectivity index (χ3v) is 8.48. The van der Waals surface area contributed by atoms with E-state index in [-0.39, 0.29) is 10.8 Å². The number of rotatable bonds is 5. The van der Waals surface area contributed by atoms with E-state index >= 15 is 0 Å². The second kappa shape index (κ2) is 8.46. The summed E-state index contributed by atoms with van der Waals surface area (Å²) in [5.41, 5.74) is 2.93. The highest BCUT2D eigenvalue weighted by Crippen LogP contribution is 2.31. The predicted octanol–water partition coefficient (Wildman–Crippen LogP) is 5.00. The number of sulfonamides is 1. The number of anilines is 1. The average Bonchev–Trinajstić information content (AvgIpc) is 3.50. The highest BCUT2D eigenvalue weighted by Gasteiger charge is 2.27. The summed E-state index contributed by atoms with van der Waals surface area (Å²) < 4.78 is 27.9. The van der Waals surface area contributed by atoms with Crippen LogP contribution >= 0.6 is 11.3 Å². The van der Waals surface area contributed by atoms with Crippen LogP contribution in [0.2, 0.25) is 0 Å². The minimum absolute atomic E-state index is 0.216. The molecule has 5 rings (SSSR count). The van der Waals surface area contributed by atoms with Gasteiger partial charge in [0.1, 0.15) is 5.01 Å². The van der Waals surface area contributed by atoms with Gasteiger partial charge < -0.3 is 5.32 Å². The molecule has 1 N–H and O–H groups in total. The van der Waals surface area contributed by atoms with Crippen LogP contribution in [-0.4, -0.2) is 36.7 Å². The second-order valence-electron chi connectivity index (χ2n) is 7.66. The first-order valence-corrected chi connectivity index (χ1v) is 12.6. The van der Waals surface area contributed by atoms with Crippen LogP contribution in [0.5, 0.6) is 0 Å². The quantitative estimate of drug-likeness (QED) is 0.452. The third kappa shape index (κ3) is 4.04. The summed E-state index contributed by atoms with van der Waals surface area (Å²) in [6.45, 7) is 1.10. The lowest BCUT2D eigenvalue weighted by Crippen LogP contribution is -2.27. The maximum absolute atomic E-state index is 12.7. The molecule has 0 saturated carbocycles. The number of aromatic nitrogens is 1. The lowest BCUT2D eigenvalue weighted by molar-refractivity contribution is 0.102. The van der Waals surface area contributed by atoms with Gasteiger partial charge in [0.05, 0.1) is 15.1 Å². The zero-order valence-corrected chi connectivity index (χ0v) is 18.8. The van der Waals surface area contributed by atoms with Crippen LogP contribution in [0.25, 0.3) is 20.8 Å². The molecule has 0 spiro atoms. The van der Waals surface area contributed by atoms with Gasteiger partial charge in [-0.2, -0.15) is 4.31 Å². The zero-order chi connectivity index (χ0) is 22.1. The fourth-order valence-corrected chi connectivity index (χ4v) is 6.26. The van der Waals surface area contributed by atoms with E-state index in [2.05, 4.69) is 10.3 Å². The number of benzene rings is 3. The van der Waals surface area contributed by atoms with E-state index in [1.165, 1.54) is 16.4 Å².